The molecule has 0 amide bonds. The van der Waals surface area contributed by atoms with Crippen LogP contribution in [0.4, 0.5) is 5.69 Å². The second-order valence-electron chi connectivity index (χ2n) is 9.46. The van der Waals surface area contributed by atoms with E-state index in [1.165, 1.54) is 0 Å². The molecule has 1 fully saturated rings. The first-order chi connectivity index (χ1) is 18.9. The van der Waals surface area contributed by atoms with Gasteiger partial charge in [0.25, 0.3) is 0 Å². The predicted molar refractivity (Wildman–Crippen MR) is 158 cm³/mol. The zero-order valence-corrected chi connectivity index (χ0v) is 23.7. The van der Waals surface area contributed by atoms with Gasteiger partial charge >= 0.3 is 0 Å². The van der Waals surface area contributed by atoms with E-state index in [2.05, 4.69) is 40.9 Å². The summed E-state index contributed by atoms with van der Waals surface area (Å²) in [5, 5.41) is 0.519. The van der Waals surface area contributed by atoms with Gasteiger partial charge in [-0.25, -0.2) is 4.21 Å². The Morgan fingerprint density at radius 2 is 1.56 bits per heavy atom. The highest BCUT2D eigenvalue weighted by atomic mass is 35.5. The highest BCUT2D eigenvalue weighted by Gasteiger charge is 2.23. The fraction of sp³-hybridized carbons (Fsp3) is 0.226. The summed E-state index contributed by atoms with van der Waals surface area (Å²) in [6, 6.07) is 27.3. The molecule has 202 valence electrons. The molecule has 8 heteroatoms. The SMILES string of the molecule is COc1cc(-c2cccc(-c3ccccc3)c2)c(S(=O)Nc2ccc(Cl)c(O[C@@H]3CCN(C)C3)c2)cc1OC. The zero-order valence-electron chi connectivity index (χ0n) is 22.1. The van der Waals surface area contributed by atoms with Crippen LogP contribution in [0.2, 0.25) is 5.02 Å². The van der Waals surface area contributed by atoms with Gasteiger partial charge in [-0.1, -0.05) is 60.1 Å². The molecule has 0 aromatic heterocycles. The van der Waals surface area contributed by atoms with Crippen molar-refractivity contribution in [1.82, 2.24) is 4.90 Å². The van der Waals surface area contributed by atoms with E-state index < -0.39 is 11.0 Å². The topological polar surface area (TPSA) is 60.0 Å². The second kappa shape index (κ2) is 12.1. The van der Waals surface area contributed by atoms with Gasteiger partial charge in [0.1, 0.15) is 11.9 Å². The van der Waals surface area contributed by atoms with E-state index in [1.807, 2.05) is 36.4 Å². The molecule has 0 saturated carbocycles. The highest BCUT2D eigenvalue weighted by molar-refractivity contribution is 7.86. The van der Waals surface area contributed by atoms with Gasteiger partial charge in [-0.2, -0.15) is 0 Å². The molecule has 4 aromatic carbocycles. The Morgan fingerprint density at radius 3 is 2.28 bits per heavy atom. The van der Waals surface area contributed by atoms with Crippen molar-refractivity contribution in [1.29, 1.82) is 0 Å². The normalized spacial score (nSPS) is 16.1. The summed E-state index contributed by atoms with van der Waals surface area (Å²) >= 11 is 6.44. The molecule has 0 aliphatic carbocycles. The Balaban J connectivity index is 1.49. The van der Waals surface area contributed by atoms with Crippen LogP contribution in [0.1, 0.15) is 6.42 Å². The Hall–Kier alpha value is -3.52. The number of methoxy groups -OCH3 is 2. The minimum atomic E-state index is -1.64. The molecular weight excluding hydrogens is 532 g/mol. The van der Waals surface area contributed by atoms with E-state index in [1.54, 1.807) is 38.5 Å². The summed E-state index contributed by atoms with van der Waals surface area (Å²) in [4.78, 5) is 2.79. The number of halogens is 1. The van der Waals surface area contributed by atoms with Crippen molar-refractivity contribution in [2.75, 3.05) is 39.1 Å². The first kappa shape index (κ1) is 27.1. The van der Waals surface area contributed by atoms with Gasteiger partial charge in [0.15, 0.2) is 22.5 Å². The summed E-state index contributed by atoms with van der Waals surface area (Å²) in [6.07, 6.45) is 1.01. The van der Waals surface area contributed by atoms with Gasteiger partial charge in [-0.3, -0.25) is 0 Å². The van der Waals surface area contributed by atoms with Crippen LogP contribution in [-0.4, -0.2) is 49.6 Å². The number of rotatable bonds is 9. The van der Waals surface area contributed by atoms with Crippen LogP contribution in [-0.2, 0) is 11.0 Å². The van der Waals surface area contributed by atoms with Crippen LogP contribution in [0, 0.1) is 0 Å². The number of hydrogen-bond acceptors (Lipinski definition) is 5. The lowest BCUT2D eigenvalue weighted by atomic mass is 9.99. The Kier molecular flexibility index (Phi) is 8.41. The van der Waals surface area contributed by atoms with Gasteiger partial charge in [-0.15, -0.1) is 0 Å². The van der Waals surface area contributed by atoms with Crippen molar-refractivity contribution in [3.05, 3.63) is 90.0 Å². The Labute approximate surface area is 237 Å². The minimum absolute atomic E-state index is 0.0718. The van der Waals surface area contributed by atoms with Gasteiger partial charge in [0, 0.05) is 30.8 Å². The molecule has 1 unspecified atom stereocenters. The largest absolute Gasteiger partial charge is 0.493 e. The number of nitrogens with zero attached hydrogens (tertiary/aromatic N) is 1. The van der Waals surface area contributed by atoms with Crippen molar-refractivity contribution in [3.63, 3.8) is 0 Å². The van der Waals surface area contributed by atoms with Crippen molar-refractivity contribution in [3.8, 4) is 39.5 Å². The molecule has 1 heterocycles. The van der Waals surface area contributed by atoms with Crippen LogP contribution in [0.5, 0.6) is 17.2 Å². The smallest absolute Gasteiger partial charge is 0.162 e. The lowest BCUT2D eigenvalue weighted by Gasteiger charge is -2.18. The summed E-state index contributed by atoms with van der Waals surface area (Å²) in [5.41, 5.74) is 4.48. The van der Waals surface area contributed by atoms with Crippen LogP contribution in [0.3, 0.4) is 0 Å². The number of nitrogens with one attached hydrogen (secondary N) is 1. The van der Waals surface area contributed by atoms with E-state index in [-0.39, 0.29) is 6.10 Å². The molecule has 4 aromatic rings. The van der Waals surface area contributed by atoms with E-state index >= 15 is 0 Å². The highest BCUT2D eigenvalue weighted by Crippen LogP contribution is 2.39. The average Bonchev–Trinajstić information content (AvgIpc) is 3.38. The average molecular weight is 563 g/mol. The molecule has 1 aliphatic rings. The lowest BCUT2D eigenvalue weighted by molar-refractivity contribution is 0.208. The lowest BCUT2D eigenvalue weighted by Crippen LogP contribution is -2.21. The molecule has 1 saturated heterocycles. The van der Waals surface area contributed by atoms with Gasteiger partial charge in [0.05, 0.1) is 29.8 Å². The van der Waals surface area contributed by atoms with E-state index in [0.717, 1.165) is 41.8 Å². The number of likely N-dealkylation sites (N-methyl/N-ethyl adjacent to an activating group) is 1. The summed E-state index contributed by atoms with van der Waals surface area (Å²) < 4.78 is 34.3. The summed E-state index contributed by atoms with van der Waals surface area (Å²) in [6.45, 7) is 1.83. The third-order valence-corrected chi connectivity index (χ3v) is 8.22. The van der Waals surface area contributed by atoms with Gasteiger partial charge in [-0.05, 0) is 54.4 Å². The molecule has 5 rings (SSSR count). The van der Waals surface area contributed by atoms with Crippen LogP contribution < -0.4 is 18.9 Å². The molecule has 2 atom stereocenters. The van der Waals surface area contributed by atoms with Crippen LogP contribution in [0.15, 0.2) is 89.8 Å². The molecule has 39 heavy (non-hydrogen) atoms. The number of benzene rings is 4. The van der Waals surface area contributed by atoms with Crippen molar-refractivity contribution in [2.45, 2.75) is 17.4 Å². The van der Waals surface area contributed by atoms with Crippen molar-refractivity contribution in [2.24, 2.45) is 0 Å². The van der Waals surface area contributed by atoms with Crippen molar-refractivity contribution >= 4 is 28.3 Å². The number of hydrogen-bond donors (Lipinski definition) is 1. The summed E-state index contributed by atoms with van der Waals surface area (Å²) in [7, 11) is 3.59. The quantitative estimate of drug-likeness (QED) is 0.240. The first-order valence-corrected chi connectivity index (χ1v) is 14.2. The summed E-state index contributed by atoms with van der Waals surface area (Å²) in [5.74, 6) is 1.63. The third kappa shape index (κ3) is 6.22. The zero-order chi connectivity index (χ0) is 27.4. The molecule has 0 radical (unpaired) electrons. The van der Waals surface area contributed by atoms with E-state index in [4.69, 9.17) is 25.8 Å². The Bertz CT molecular complexity index is 1480. The maximum absolute atomic E-state index is 13.8. The van der Waals surface area contributed by atoms with Gasteiger partial charge < -0.3 is 23.8 Å². The van der Waals surface area contributed by atoms with Gasteiger partial charge in [0.2, 0.25) is 0 Å². The number of anilines is 1. The van der Waals surface area contributed by atoms with Crippen molar-refractivity contribution < 1.29 is 18.4 Å². The molecule has 1 N–H and O–H groups in total. The fourth-order valence-corrected chi connectivity index (χ4v) is 5.93. The Morgan fingerprint density at radius 1 is 0.846 bits per heavy atom. The number of ether oxygens (including phenoxy) is 3. The standard InChI is InChI=1S/C31H31ClN2O4S/c1-34-15-14-25(20-34)38-28-17-24(12-13-27(28)32)33-39(35)31-19-30(37-3)29(36-2)18-26(31)23-11-7-10-22(16-23)21-8-5-4-6-9-21/h4-13,16-19,25,33H,14-15,20H2,1-3H3/t25-,39?/m1/s1. The molecule has 0 spiro atoms. The van der Waals surface area contributed by atoms with E-state index in [0.29, 0.717) is 32.9 Å². The maximum atomic E-state index is 13.8. The fourth-order valence-electron chi connectivity index (χ4n) is 4.73. The monoisotopic (exact) mass is 562 g/mol. The number of likely N-dealkylation sites (tertiary alicyclic amines) is 1. The second-order valence-corrected chi connectivity index (χ2v) is 11.0. The third-order valence-electron chi connectivity index (χ3n) is 6.75. The predicted octanol–water partition coefficient (Wildman–Crippen LogP) is 6.91. The maximum Gasteiger partial charge on any atom is 0.162 e. The van der Waals surface area contributed by atoms with E-state index in [9.17, 15) is 4.21 Å². The molecular formula is C31H31ClN2O4S. The first-order valence-electron chi connectivity index (χ1n) is 12.7. The van der Waals surface area contributed by atoms with Crippen LogP contribution in [0.25, 0.3) is 22.3 Å². The molecule has 1 aliphatic heterocycles. The van der Waals surface area contributed by atoms with Crippen LogP contribution >= 0.6 is 11.6 Å². The minimum Gasteiger partial charge on any atom is -0.493 e. The molecule has 6 nitrogen and oxygen atoms in total. The molecule has 0 bridgehead atoms.